The summed E-state index contributed by atoms with van der Waals surface area (Å²) in [6, 6.07) is 10.8. The molecule has 164 valence electrons. The molecule has 32 heavy (non-hydrogen) atoms. The Labute approximate surface area is 197 Å². The second-order valence-electron chi connectivity index (χ2n) is 7.50. The highest BCUT2D eigenvalue weighted by Crippen LogP contribution is 2.34. The van der Waals surface area contributed by atoms with Crippen molar-refractivity contribution in [3.8, 4) is 10.4 Å². The Morgan fingerprint density at radius 1 is 1.16 bits per heavy atom. The third-order valence-corrected chi connectivity index (χ3v) is 7.70. The first kappa shape index (κ1) is 22.4. The van der Waals surface area contributed by atoms with Crippen LogP contribution in [0, 0.1) is 5.92 Å². The van der Waals surface area contributed by atoms with Crippen LogP contribution in [-0.2, 0) is 11.8 Å². The molecule has 6 nitrogen and oxygen atoms in total. The summed E-state index contributed by atoms with van der Waals surface area (Å²) >= 11 is 4.27. The minimum absolute atomic E-state index is 0.0715. The lowest BCUT2D eigenvalue weighted by atomic mass is 10.1. The zero-order valence-electron chi connectivity index (χ0n) is 17.7. The normalized spacial score (nSPS) is 11.2. The maximum absolute atomic E-state index is 13.0. The fraction of sp³-hybridized carbons (Fsp3) is 0.217. The molecule has 4 aromatic rings. The molecule has 9 heteroatoms. The van der Waals surface area contributed by atoms with Gasteiger partial charge in [0.25, 0.3) is 5.56 Å². The second-order valence-corrected chi connectivity index (χ2v) is 10.2. The molecule has 1 aromatic carbocycles. The third-order valence-electron chi connectivity index (χ3n) is 4.89. The van der Waals surface area contributed by atoms with E-state index >= 15 is 0 Å². The molecule has 1 N–H and O–H groups in total. The number of thiophene rings is 2. The zero-order valence-corrected chi connectivity index (χ0v) is 20.2. The van der Waals surface area contributed by atoms with Crippen molar-refractivity contribution in [2.75, 3.05) is 11.1 Å². The van der Waals surface area contributed by atoms with Crippen molar-refractivity contribution in [3.63, 3.8) is 0 Å². The zero-order chi connectivity index (χ0) is 22.8. The van der Waals surface area contributed by atoms with Gasteiger partial charge in [-0.3, -0.25) is 19.0 Å². The fourth-order valence-corrected chi connectivity index (χ4v) is 5.70. The summed E-state index contributed by atoms with van der Waals surface area (Å²) in [6.07, 6.45) is 0. The number of amides is 1. The standard InChI is InChI=1S/C23H21N3O3S3/c1-13(2)20(28)24-15-8-6-14(7-9-15)17(27)12-32-23-25-21-19(22(29)26(23)3)16(11-31-21)18-5-4-10-30-18/h4-11,13H,12H2,1-3H3,(H,24,28). The van der Waals surface area contributed by atoms with Gasteiger partial charge in [-0.25, -0.2) is 4.98 Å². The van der Waals surface area contributed by atoms with Gasteiger partial charge in [-0.2, -0.15) is 0 Å². The Kier molecular flexibility index (Phi) is 6.59. The van der Waals surface area contributed by atoms with Crippen LogP contribution in [0.3, 0.4) is 0 Å². The smallest absolute Gasteiger partial charge is 0.263 e. The highest BCUT2D eigenvalue weighted by Gasteiger charge is 2.17. The van der Waals surface area contributed by atoms with E-state index in [1.165, 1.54) is 27.7 Å². The van der Waals surface area contributed by atoms with Crippen LogP contribution in [0.2, 0.25) is 0 Å². The summed E-state index contributed by atoms with van der Waals surface area (Å²) in [5.41, 5.74) is 1.99. The predicted molar refractivity (Wildman–Crippen MR) is 133 cm³/mol. The number of Topliss-reactive ketones (excluding diaryl/α,β-unsaturated/α-hetero) is 1. The Morgan fingerprint density at radius 2 is 1.91 bits per heavy atom. The molecule has 0 unspecified atom stereocenters. The topological polar surface area (TPSA) is 81.1 Å². The van der Waals surface area contributed by atoms with Gasteiger partial charge in [-0.1, -0.05) is 31.7 Å². The number of ketones is 1. The average molecular weight is 484 g/mol. The van der Waals surface area contributed by atoms with Crippen LogP contribution >= 0.6 is 34.4 Å². The number of anilines is 1. The molecule has 0 bridgehead atoms. The van der Waals surface area contributed by atoms with Gasteiger partial charge in [0.1, 0.15) is 4.83 Å². The van der Waals surface area contributed by atoms with Crippen molar-refractivity contribution in [2.45, 2.75) is 19.0 Å². The van der Waals surface area contributed by atoms with Gasteiger partial charge in [-0.15, -0.1) is 22.7 Å². The maximum atomic E-state index is 13.0. The van der Waals surface area contributed by atoms with Crippen LogP contribution in [0.1, 0.15) is 24.2 Å². The number of nitrogens with zero attached hydrogens (tertiary/aromatic N) is 2. The number of hydrogen-bond donors (Lipinski definition) is 1. The number of hydrogen-bond acceptors (Lipinski definition) is 7. The lowest BCUT2D eigenvalue weighted by Crippen LogP contribution is -2.20. The molecular formula is C23H21N3O3S3. The first-order valence-corrected chi connectivity index (χ1v) is 12.7. The number of thioether (sulfide) groups is 1. The summed E-state index contributed by atoms with van der Waals surface area (Å²) in [5, 5.41) is 7.88. The minimum atomic E-state index is -0.117. The molecule has 0 saturated heterocycles. The summed E-state index contributed by atoms with van der Waals surface area (Å²) < 4.78 is 1.51. The lowest BCUT2D eigenvalue weighted by Gasteiger charge is -2.09. The lowest BCUT2D eigenvalue weighted by molar-refractivity contribution is -0.118. The number of carbonyl (C=O) groups excluding carboxylic acids is 2. The van der Waals surface area contributed by atoms with E-state index in [2.05, 4.69) is 10.3 Å². The van der Waals surface area contributed by atoms with Crippen molar-refractivity contribution < 1.29 is 9.59 Å². The van der Waals surface area contributed by atoms with E-state index in [0.717, 1.165) is 10.4 Å². The Morgan fingerprint density at radius 3 is 2.56 bits per heavy atom. The predicted octanol–water partition coefficient (Wildman–Crippen LogP) is 5.29. The molecule has 0 spiro atoms. The molecule has 0 atom stereocenters. The number of fused-ring (bicyclic) bond motifs is 1. The van der Waals surface area contributed by atoms with Crippen molar-refractivity contribution in [1.82, 2.24) is 9.55 Å². The van der Waals surface area contributed by atoms with E-state index in [4.69, 9.17) is 0 Å². The van der Waals surface area contributed by atoms with Crippen LogP contribution in [0.15, 0.2) is 57.1 Å². The average Bonchev–Trinajstić information content (AvgIpc) is 3.45. The summed E-state index contributed by atoms with van der Waals surface area (Å²) in [5.74, 6) is -0.101. The number of rotatable bonds is 7. The van der Waals surface area contributed by atoms with Crippen molar-refractivity contribution in [1.29, 1.82) is 0 Å². The molecule has 0 aliphatic carbocycles. The van der Waals surface area contributed by atoms with Crippen molar-refractivity contribution in [2.24, 2.45) is 13.0 Å². The van der Waals surface area contributed by atoms with Gasteiger partial charge in [0.2, 0.25) is 5.91 Å². The molecule has 3 heterocycles. The van der Waals surface area contributed by atoms with Gasteiger partial charge in [-0.05, 0) is 35.7 Å². The largest absolute Gasteiger partial charge is 0.326 e. The van der Waals surface area contributed by atoms with Crippen molar-refractivity contribution >= 4 is 62.0 Å². The fourth-order valence-electron chi connectivity index (χ4n) is 3.03. The van der Waals surface area contributed by atoms with Crippen LogP contribution in [0.4, 0.5) is 5.69 Å². The molecular weight excluding hydrogens is 462 g/mol. The van der Waals surface area contributed by atoms with E-state index in [9.17, 15) is 14.4 Å². The molecule has 0 radical (unpaired) electrons. The number of aromatic nitrogens is 2. The number of benzene rings is 1. The van der Waals surface area contributed by atoms with Gasteiger partial charge >= 0.3 is 0 Å². The Bertz CT molecular complexity index is 1340. The molecule has 0 aliphatic rings. The molecule has 4 rings (SSSR count). The van der Waals surface area contributed by atoms with E-state index in [-0.39, 0.29) is 28.9 Å². The molecule has 1 amide bonds. The Balaban J connectivity index is 1.49. The van der Waals surface area contributed by atoms with E-state index in [1.54, 1.807) is 42.6 Å². The van der Waals surface area contributed by atoms with E-state index in [0.29, 0.717) is 26.6 Å². The summed E-state index contributed by atoms with van der Waals surface area (Å²) in [7, 11) is 1.68. The highest BCUT2D eigenvalue weighted by molar-refractivity contribution is 7.99. The summed E-state index contributed by atoms with van der Waals surface area (Å²) in [6.45, 7) is 3.64. The SMILES string of the molecule is CC(C)C(=O)Nc1ccc(C(=O)CSc2nc3scc(-c4cccs4)c3c(=O)n2C)cc1. The molecule has 0 fully saturated rings. The first-order chi connectivity index (χ1) is 15.3. The van der Waals surface area contributed by atoms with Gasteiger partial charge in [0, 0.05) is 40.0 Å². The highest BCUT2D eigenvalue weighted by atomic mass is 32.2. The Hall–Kier alpha value is -2.75. The quantitative estimate of drug-likeness (QED) is 0.219. The van der Waals surface area contributed by atoms with Crippen LogP contribution in [0.5, 0.6) is 0 Å². The molecule has 0 aliphatic heterocycles. The van der Waals surface area contributed by atoms with E-state index in [1.807, 2.05) is 36.7 Å². The number of nitrogens with one attached hydrogen (secondary N) is 1. The third kappa shape index (κ3) is 4.55. The maximum Gasteiger partial charge on any atom is 0.263 e. The molecule has 3 aromatic heterocycles. The van der Waals surface area contributed by atoms with E-state index < -0.39 is 0 Å². The number of carbonyl (C=O) groups is 2. The van der Waals surface area contributed by atoms with Gasteiger partial charge in [0.05, 0.1) is 11.1 Å². The van der Waals surface area contributed by atoms with Gasteiger partial charge in [0.15, 0.2) is 10.9 Å². The monoisotopic (exact) mass is 483 g/mol. The van der Waals surface area contributed by atoms with Gasteiger partial charge < -0.3 is 5.32 Å². The van der Waals surface area contributed by atoms with Crippen LogP contribution in [0.25, 0.3) is 20.7 Å². The van der Waals surface area contributed by atoms with Crippen molar-refractivity contribution in [3.05, 3.63) is 63.1 Å². The summed E-state index contributed by atoms with van der Waals surface area (Å²) in [4.78, 5) is 43.8. The van der Waals surface area contributed by atoms with Crippen LogP contribution in [-0.4, -0.2) is 27.0 Å². The second kappa shape index (κ2) is 9.40. The first-order valence-electron chi connectivity index (χ1n) is 9.94. The van der Waals surface area contributed by atoms with Crippen LogP contribution < -0.4 is 10.9 Å². The minimum Gasteiger partial charge on any atom is -0.326 e. The molecule has 0 saturated carbocycles.